The number of aromatic hydroxyl groups is 1. The van der Waals surface area contributed by atoms with Crippen molar-refractivity contribution in [2.75, 3.05) is 0 Å². The van der Waals surface area contributed by atoms with E-state index in [1.807, 2.05) is 13.8 Å². The number of aromatic nitrogens is 2. The molecule has 0 spiro atoms. The largest absolute Gasteiger partial charge is 0.493 e. The van der Waals surface area contributed by atoms with Crippen LogP contribution in [0.5, 0.6) is 5.88 Å². The van der Waals surface area contributed by atoms with E-state index in [0.29, 0.717) is 25.9 Å². The molecule has 180 valence electrons. The minimum Gasteiger partial charge on any atom is -0.493 e. The van der Waals surface area contributed by atoms with Crippen LogP contribution >= 0.6 is 31.9 Å². The summed E-state index contributed by atoms with van der Waals surface area (Å²) in [4.78, 5) is 53.6. The number of amides is 2. The molecule has 1 aromatic heterocycles. The molecule has 2 N–H and O–H groups in total. The molecule has 0 aliphatic carbocycles. The Balaban J connectivity index is 1.63. The number of aromatic amines is 1. The van der Waals surface area contributed by atoms with E-state index >= 15 is 0 Å². The molecule has 1 aliphatic rings. The van der Waals surface area contributed by atoms with Gasteiger partial charge in [-0.05, 0) is 76.6 Å². The molecule has 0 bridgehead atoms. The first kappa shape index (κ1) is 23.9. The van der Waals surface area contributed by atoms with Gasteiger partial charge in [0.1, 0.15) is 5.56 Å². The smallest absolute Gasteiger partial charge is 0.335 e. The van der Waals surface area contributed by atoms with Crippen molar-refractivity contribution < 1.29 is 14.7 Å². The van der Waals surface area contributed by atoms with Crippen LogP contribution in [0, 0.1) is 13.8 Å². The molecule has 0 fully saturated rings. The summed E-state index contributed by atoms with van der Waals surface area (Å²) in [5, 5.41) is 16.7. The van der Waals surface area contributed by atoms with Crippen molar-refractivity contribution in [2.24, 2.45) is 5.10 Å². The number of halogens is 2. The lowest BCUT2D eigenvalue weighted by molar-refractivity contribution is 0.0616. The lowest BCUT2D eigenvalue weighted by Crippen LogP contribution is -2.37. The number of aryl methyl sites for hydroxylation is 2. The molecular weight excluding hydrogens is 596 g/mol. The van der Waals surface area contributed by atoms with E-state index in [0.717, 1.165) is 26.4 Å². The number of hydrazone groups is 1. The summed E-state index contributed by atoms with van der Waals surface area (Å²) in [6.45, 7) is 3.73. The number of carbonyl (C=O) groups is 2. The quantitative estimate of drug-likeness (QED) is 0.266. The van der Waals surface area contributed by atoms with Gasteiger partial charge in [0.25, 0.3) is 17.4 Å². The van der Waals surface area contributed by atoms with E-state index in [9.17, 15) is 24.3 Å². The van der Waals surface area contributed by atoms with Crippen LogP contribution in [-0.2, 0) is 0 Å². The maximum absolute atomic E-state index is 13.1. The van der Waals surface area contributed by atoms with Gasteiger partial charge in [0.2, 0.25) is 5.88 Å². The lowest BCUT2D eigenvalue weighted by atomic mass is 9.95. The van der Waals surface area contributed by atoms with Crippen molar-refractivity contribution in [3.8, 4) is 11.6 Å². The Labute approximate surface area is 219 Å². The van der Waals surface area contributed by atoms with E-state index < -0.39 is 34.5 Å². The number of benzene rings is 3. The van der Waals surface area contributed by atoms with Gasteiger partial charge >= 0.3 is 5.69 Å². The highest BCUT2D eigenvalue weighted by atomic mass is 79.9. The second kappa shape index (κ2) is 8.68. The second-order valence-electron chi connectivity index (χ2n) is 8.21. The molecule has 1 aliphatic heterocycles. The van der Waals surface area contributed by atoms with Gasteiger partial charge in [-0.1, -0.05) is 28.1 Å². The number of hydrogen-bond acceptors (Lipinski definition) is 6. The molecule has 36 heavy (non-hydrogen) atoms. The number of H-pyrrole nitrogens is 1. The van der Waals surface area contributed by atoms with Crippen molar-refractivity contribution in [2.45, 2.75) is 13.8 Å². The minimum atomic E-state index is -0.930. The van der Waals surface area contributed by atoms with Crippen molar-refractivity contribution in [1.82, 2.24) is 14.6 Å². The highest BCUT2D eigenvalue weighted by molar-refractivity contribution is 9.11. The molecule has 2 heterocycles. The normalized spacial score (nSPS) is 13.3. The summed E-state index contributed by atoms with van der Waals surface area (Å²) >= 11 is 6.82. The highest BCUT2D eigenvalue weighted by Crippen LogP contribution is 2.34. The third-order valence-electron chi connectivity index (χ3n) is 6.06. The predicted octanol–water partition coefficient (Wildman–Crippen LogP) is 4.16. The minimum absolute atomic E-state index is 0.266. The monoisotopic (exact) mass is 610 g/mol. The highest BCUT2D eigenvalue weighted by Gasteiger charge is 2.33. The molecule has 11 heteroatoms. The summed E-state index contributed by atoms with van der Waals surface area (Å²) in [5.41, 5.74) is 0.433. The van der Waals surface area contributed by atoms with Gasteiger partial charge in [0.15, 0.2) is 0 Å². The Morgan fingerprint density at radius 2 is 1.58 bits per heavy atom. The third-order valence-corrected chi connectivity index (χ3v) is 7.39. The Kier molecular flexibility index (Phi) is 5.76. The zero-order valence-electron chi connectivity index (χ0n) is 18.8. The molecule has 9 nitrogen and oxygen atoms in total. The van der Waals surface area contributed by atoms with Crippen LogP contribution in [0.4, 0.5) is 0 Å². The third kappa shape index (κ3) is 3.62. The van der Waals surface area contributed by atoms with Gasteiger partial charge in [0, 0.05) is 14.3 Å². The van der Waals surface area contributed by atoms with Gasteiger partial charge in [-0.3, -0.25) is 19.4 Å². The summed E-state index contributed by atoms with van der Waals surface area (Å²) in [7, 11) is 0. The zero-order chi connectivity index (χ0) is 25.9. The van der Waals surface area contributed by atoms with Crippen LogP contribution in [0.25, 0.3) is 16.5 Å². The second-order valence-corrected chi connectivity index (χ2v) is 9.92. The summed E-state index contributed by atoms with van der Waals surface area (Å²) in [6, 6.07) is 11.8. The predicted molar refractivity (Wildman–Crippen MR) is 141 cm³/mol. The lowest BCUT2D eigenvalue weighted by Gasteiger charge is -2.23. The van der Waals surface area contributed by atoms with Crippen LogP contribution in [0.1, 0.15) is 37.4 Å². The van der Waals surface area contributed by atoms with Crippen LogP contribution < -0.4 is 11.2 Å². The summed E-state index contributed by atoms with van der Waals surface area (Å²) < 4.78 is 2.15. The molecule has 0 radical (unpaired) electrons. The number of rotatable bonds is 3. The van der Waals surface area contributed by atoms with Crippen LogP contribution in [0.3, 0.4) is 0 Å². The summed E-state index contributed by atoms with van der Waals surface area (Å²) in [6.07, 6.45) is 0.888. The molecule has 5 rings (SSSR count). The molecule has 0 saturated heterocycles. The van der Waals surface area contributed by atoms with E-state index in [2.05, 4.69) is 41.9 Å². The molecule has 3 aromatic carbocycles. The first-order valence-corrected chi connectivity index (χ1v) is 12.2. The van der Waals surface area contributed by atoms with Gasteiger partial charge in [0.05, 0.1) is 23.0 Å². The van der Waals surface area contributed by atoms with Crippen molar-refractivity contribution in [3.05, 3.63) is 100 Å². The number of hydrogen-bond donors (Lipinski definition) is 2. The van der Waals surface area contributed by atoms with Gasteiger partial charge in [-0.15, -0.1) is 0 Å². The van der Waals surface area contributed by atoms with E-state index in [1.165, 1.54) is 0 Å². The topological polar surface area (TPSA) is 125 Å². The Bertz CT molecular complexity index is 1770. The Morgan fingerprint density at radius 3 is 2.31 bits per heavy atom. The van der Waals surface area contributed by atoms with E-state index in [1.54, 1.807) is 42.5 Å². The Hall–Kier alpha value is -3.83. The van der Waals surface area contributed by atoms with Crippen LogP contribution in [0.15, 0.2) is 66.1 Å². The van der Waals surface area contributed by atoms with Crippen molar-refractivity contribution >= 4 is 60.7 Å². The van der Waals surface area contributed by atoms with Gasteiger partial charge in [-0.25, -0.2) is 9.36 Å². The zero-order valence-corrected chi connectivity index (χ0v) is 22.0. The average molecular weight is 612 g/mol. The number of carbonyl (C=O) groups excluding carboxylic acids is 2. The maximum atomic E-state index is 13.1. The molecule has 0 atom stereocenters. The average Bonchev–Trinajstić information content (AvgIpc) is 2.83. The fourth-order valence-corrected chi connectivity index (χ4v) is 5.18. The van der Waals surface area contributed by atoms with Crippen molar-refractivity contribution in [3.63, 3.8) is 0 Å². The van der Waals surface area contributed by atoms with E-state index in [4.69, 9.17) is 0 Å². The molecular formula is C25H16Br2N4O5. The first-order valence-electron chi connectivity index (χ1n) is 10.6. The molecule has 0 unspecified atom stereocenters. The molecule has 0 saturated carbocycles. The first-order chi connectivity index (χ1) is 17.1. The van der Waals surface area contributed by atoms with E-state index in [-0.39, 0.29) is 11.1 Å². The van der Waals surface area contributed by atoms with Crippen LogP contribution in [0.2, 0.25) is 0 Å². The van der Waals surface area contributed by atoms with Crippen molar-refractivity contribution in [1.29, 1.82) is 0 Å². The maximum Gasteiger partial charge on any atom is 0.335 e. The molecule has 2 amide bonds. The van der Waals surface area contributed by atoms with Gasteiger partial charge in [-0.2, -0.15) is 10.1 Å². The van der Waals surface area contributed by atoms with Gasteiger partial charge < -0.3 is 5.11 Å². The standard InChI is InChI=1S/C25H16Br2N4O5/c1-11-8-18(27)19(9-12(11)2)30-22(33)16(21(32)29-25(30)36)10-28-31-23(34)14-5-3-4-13-17(26)7-6-15(20(13)14)24(31)35/h3-10,33H,1-2H3,(H,29,32,36)/b28-10+. The Morgan fingerprint density at radius 1 is 0.917 bits per heavy atom. The number of imide groups is 1. The SMILES string of the molecule is Cc1cc(Br)c(-n2c(O)c(/C=N/N3C(=O)c4cccc5c(Br)ccc(c45)C3=O)c(=O)[nH]c2=O)cc1C. The molecule has 4 aromatic rings. The number of nitrogens with zero attached hydrogens (tertiary/aromatic N) is 3. The summed E-state index contributed by atoms with van der Waals surface area (Å²) in [5.74, 6) is -2.07. The fourth-order valence-electron chi connectivity index (χ4n) is 4.08. The fraction of sp³-hybridized carbons (Fsp3) is 0.0800. The van der Waals surface area contributed by atoms with Crippen LogP contribution in [-0.4, -0.2) is 37.7 Å². The number of nitrogens with one attached hydrogen (secondary N) is 1.